The molecule has 0 fully saturated rings. The van der Waals surface area contributed by atoms with Gasteiger partial charge in [0.15, 0.2) is 0 Å². The summed E-state index contributed by atoms with van der Waals surface area (Å²) in [6, 6.07) is 10.5. The molecular weight excluding hydrogens is 250 g/mol. The first-order valence-corrected chi connectivity index (χ1v) is 6.74. The largest absolute Gasteiger partial charge is 0.332 e. The molecule has 0 bridgehead atoms. The fourth-order valence-corrected chi connectivity index (χ4v) is 2.30. The Kier molecular flexibility index (Phi) is 3.58. The van der Waals surface area contributed by atoms with Crippen LogP contribution in [0.5, 0.6) is 0 Å². The first-order valence-electron chi connectivity index (χ1n) is 6.74. The van der Waals surface area contributed by atoms with E-state index in [9.17, 15) is 0 Å². The second-order valence-electron chi connectivity index (χ2n) is 4.82. The summed E-state index contributed by atoms with van der Waals surface area (Å²) in [5, 5.41) is 8.19. The summed E-state index contributed by atoms with van der Waals surface area (Å²) in [5.74, 6) is 0. The number of benzene rings is 1. The number of aromatic nitrogens is 5. The van der Waals surface area contributed by atoms with Crippen molar-refractivity contribution in [2.45, 2.75) is 19.4 Å². The summed E-state index contributed by atoms with van der Waals surface area (Å²) >= 11 is 0. The molecule has 3 aromatic rings. The first kappa shape index (κ1) is 12.6. The summed E-state index contributed by atoms with van der Waals surface area (Å²) in [5.41, 5.74) is 3.41. The lowest BCUT2D eigenvalue weighted by Crippen LogP contribution is -2.05. The van der Waals surface area contributed by atoms with E-state index < -0.39 is 0 Å². The van der Waals surface area contributed by atoms with Crippen molar-refractivity contribution in [1.29, 1.82) is 0 Å². The molecule has 1 aromatic carbocycles. The fourth-order valence-electron chi connectivity index (χ4n) is 2.30. The maximum absolute atomic E-state index is 4.17. The second kappa shape index (κ2) is 5.69. The van der Waals surface area contributed by atoms with Crippen molar-refractivity contribution in [3.63, 3.8) is 0 Å². The standard InChI is InChI=1S/C15H17N5/c1-19-12-16-10-14(19)15-11-17-18-20(15)9-5-8-13-6-3-2-4-7-13/h2-4,6-7,10-12H,5,8-9H2,1H3. The van der Waals surface area contributed by atoms with Crippen LogP contribution in [0.1, 0.15) is 12.0 Å². The van der Waals surface area contributed by atoms with Crippen molar-refractivity contribution in [2.75, 3.05) is 0 Å². The smallest absolute Gasteiger partial charge is 0.107 e. The summed E-state index contributed by atoms with van der Waals surface area (Å²) in [4.78, 5) is 4.14. The molecule has 0 amide bonds. The van der Waals surface area contributed by atoms with Crippen LogP contribution in [0.4, 0.5) is 0 Å². The molecule has 0 aliphatic rings. The van der Waals surface area contributed by atoms with Crippen molar-refractivity contribution >= 4 is 0 Å². The Bertz CT molecular complexity index is 668. The molecule has 0 unspecified atom stereocenters. The Morgan fingerprint density at radius 3 is 2.65 bits per heavy atom. The van der Waals surface area contributed by atoms with E-state index in [0.717, 1.165) is 30.8 Å². The van der Waals surface area contributed by atoms with Crippen LogP contribution in [-0.2, 0) is 20.0 Å². The minimum atomic E-state index is 0.857. The normalized spacial score (nSPS) is 10.8. The van der Waals surface area contributed by atoms with Crippen LogP contribution >= 0.6 is 0 Å². The Balaban J connectivity index is 1.67. The Labute approximate surface area is 117 Å². The molecule has 3 rings (SSSR count). The molecule has 0 N–H and O–H groups in total. The van der Waals surface area contributed by atoms with Gasteiger partial charge in [0.2, 0.25) is 0 Å². The minimum absolute atomic E-state index is 0.857. The van der Waals surface area contributed by atoms with Crippen LogP contribution in [-0.4, -0.2) is 24.5 Å². The van der Waals surface area contributed by atoms with Crippen molar-refractivity contribution in [3.05, 3.63) is 54.6 Å². The summed E-state index contributed by atoms with van der Waals surface area (Å²) < 4.78 is 3.92. The number of nitrogens with zero attached hydrogens (tertiary/aromatic N) is 5. The van der Waals surface area contributed by atoms with Gasteiger partial charge in [0, 0.05) is 13.6 Å². The molecule has 5 heteroatoms. The van der Waals surface area contributed by atoms with Gasteiger partial charge in [-0.1, -0.05) is 35.5 Å². The van der Waals surface area contributed by atoms with Gasteiger partial charge >= 0.3 is 0 Å². The van der Waals surface area contributed by atoms with E-state index in [2.05, 4.69) is 39.6 Å². The number of hydrogen-bond donors (Lipinski definition) is 0. The van der Waals surface area contributed by atoms with Crippen LogP contribution in [0.15, 0.2) is 49.1 Å². The molecular formula is C15H17N5. The molecule has 2 heterocycles. The lowest BCUT2D eigenvalue weighted by molar-refractivity contribution is 0.562. The van der Waals surface area contributed by atoms with Gasteiger partial charge in [0.05, 0.1) is 24.4 Å². The lowest BCUT2D eigenvalue weighted by atomic mass is 10.1. The fraction of sp³-hybridized carbons (Fsp3) is 0.267. The molecule has 0 atom stereocenters. The SMILES string of the molecule is Cn1cncc1-c1cnnn1CCCc1ccccc1. The topological polar surface area (TPSA) is 48.5 Å². The van der Waals surface area contributed by atoms with Crippen LogP contribution in [0.3, 0.4) is 0 Å². The van der Waals surface area contributed by atoms with E-state index in [1.807, 2.05) is 28.6 Å². The summed E-state index contributed by atoms with van der Waals surface area (Å²) in [6.07, 6.45) is 7.51. The first-order chi connectivity index (χ1) is 9.84. The third-order valence-electron chi connectivity index (χ3n) is 3.38. The van der Waals surface area contributed by atoms with Crippen LogP contribution in [0, 0.1) is 0 Å². The number of rotatable bonds is 5. The molecule has 2 aromatic heterocycles. The van der Waals surface area contributed by atoms with Crippen molar-refractivity contribution in [1.82, 2.24) is 24.5 Å². The lowest BCUT2D eigenvalue weighted by Gasteiger charge is -2.06. The zero-order chi connectivity index (χ0) is 13.8. The van der Waals surface area contributed by atoms with E-state index in [1.54, 1.807) is 12.5 Å². The summed E-state index contributed by atoms with van der Waals surface area (Å²) in [6.45, 7) is 0.857. The molecule has 0 aliphatic heterocycles. The van der Waals surface area contributed by atoms with Gasteiger partial charge < -0.3 is 4.57 Å². The average molecular weight is 267 g/mol. The van der Waals surface area contributed by atoms with Crippen LogP contribution < -0.4 is 0 Å². The molecule has 5 nitrogen and oxygen atoms in total. The summed E-state index contributed by atoms with van der Waals surface area (Å²) in [7, 11) is 1.98. The zero-order valence-electron chi connectivity index (χ0n) is 11.5. The third-order valence-corrected chi connectivity index (χ3v) is 3.38. The van der Waals surface area contributed by atoms with Gasteiger partial charge in [0.1, 0.15) is 5.69 Å². The van der Waals surface area contributed by atoms with E-state index in [1.165, 1.54) is 5.56 Å². The average Bonchev–Trinajstić information content (AvgIpc) is 3.08. The maximum atomic E-state index is 4.17. The number of aryl methyl sites for hydroxylation is 3. The second-order valence-corrected chi connectivity index (χ2v) is 4.82. The van der Waals surface area contributed by atoms with Gasteiger partial charge in [-0.3, -0.25) is 0 Å². The quantitative estimate of drug-likeness (QED) is 0.712. The van der Waals surface area contributed by atoms with Crippen molar-refractivity contribution in [2.24, 2.45) is 7.05 Å². The highest BCUT2D eigenvalue weighted by molar-refractivity contribution is 5.52. The van der Waals surface area contributed by atoms with Crippen molar-refractivity contribution < 1.29 is 0 Å². The highest BCUT2D eigenvalue weighted by atomic mass is 15.4. The van der Waals surface area contributed by atoms with Gasteiger partial charge in [-0.15, -0.1) is 5.10 Å². The highest BCUT2D eigenvalue weighted by Crippen LogP contribution is 2.17. The Hall–Kier alpha value is -2.43. The van der Waals surface area contributed by atoms with Crippen LogP contribution in [0.2, 0.25) is 0 Å². The van der Waals surface area contributed by atoms with Gasteiger partial charge in [-0.25, -0.2) is 9.67 Å². The predicted octanol–water partition coefficient (Wildman–Crippen LogP) is 2.31. The molecule has 0 saturated carbocycles. The Morgan fingerprint density at radius 1 is 1.05 bits per heavy atom. The highest BCUT2D eigenvalue weighted by Gasteiger charge is 2.09. The van der Waals surface area contributed by atoms with E-state index in [-0.39, 0.29) is 0 Å². The van der Waals surface area contributed by atoms with Crippen LogP contribution in [0.25, 0.3) is 11.4 Å². The van der Waals surface area contributed by atoms with Gasteiger partial charge in [0.25, 0.3) is 0 Å². The van der Waals surface area contributed by atoms with Gasteiger partial charge in [-0.2, -0.15) is 0 Å². The Morgan fingerprint density at radius 2 is 1.90 bits per heavy atom. The third kappa shape index (κ3) is 2.61. The van der Waals surface area contributed by atoms with Crippen molar-refractivity contribution in [3.8, 4) is 11.4 Å². The molecule has 0 spiro atoms. The monoisotopic (exact) mass is 267 g/mol. The van der Waals surface area contributed by atoms with E-state index in [4.69, 9.17) is 0 Å². The van der Waals surface area contributed by atoms with E-state index in [0.29, 0.717) is 0 Å². The van der Waals surface area contributed by atoms with E-state index >= 15 is 0 Å². The molecule has 0 saturated heterocycles. The zero-order valence-corrected chi connectivity index (χ0v) is 11.5. The van der Waals surface area contributed by atoms with Gasteiger partial charge in [-0.05, 0) is 18.4 Å². The maximum Gasteiger partial charge on any atom is 0.107 e. The molecule has 0 aliphatic carbocycles. The molecule has 20 heavy (non-hydrogen) atoms. The molecule has 0 radical (unpaired) electrons. The number of imidazole rings is 1. The number of hydrogen-bond acceptors (Lipinski definition) is 3. The molecule has 102 valence electrons. The minimum Gasteiger partial charge on any atom is -0.332 e. The predicted molar refractivity (Wildman–Crippen MR) is 77.0 cm³/mol.